The molecule has 2 atom stereocenters. The number of likely N-dealkylation sites (tertiary alicyclic amines) is 1. The Morgan fingerprint density at radius 3 is 2.40 bits per heavy atom. The van der Waals surface area contributed by atoms with E-state index < -0.39 is 30.0 Å². The van der Waals surface area contributed by atoms with Gasteiger partial charge in [-0.3, -0.25) is 9.69 Å². The Morgan fingerprint density at radius 2 is 1.80 bits per heavy atom. The van der Waals surface area contributed by atoms with Crippen molar-refractivity contribution >= 4 is 18.0 Å². The van der Waals surface area contributed by atoms with E-state index in [2.05, 4.69) is 6.58 Å². The highest BCUT2D eigenvalue weighted by Crippen LogP contribution is 2.29. The lowest BCUT2D eigenvalue weighted by molar-refractivity contribution is -0.162. The highest BCUT2D eigenvalue weighted by Gasteiger charge is 2.46. The van der Waals surface area contributed by atoms with Gasteiger partial charge < -0.3 is 14.2 Å². The number of nitrogens with zero attached hydrogens (tertiary/aromatic N) is 1. The predicted octanol–water partition coefficient (Wildman–Crippen LogP) is 1.92. The number of esters is 2. The van der Waals surface area contributed by atoms with Crippen molar-refractivity contribution in [3.05, 3.63) is 48.0 Å². The number of carbonyl (C=O) groups is 3. The van der Waals surface area contributed by atoms with Crippen LogP contribution >= 0.6 is 0 Å². The monoisotopic (exact) mass is 347 g/mol. The highest BCUT2D eigenvalue weighted by atomic mass is 16.6. The molecule has 7 nitrogen and oxygen atoms in total. The third-order valence-electron chi connectivity index (χ3n) is 4.00. The van der Waals surface area contributed by atoms with Crippen LogP contribution in [0.1, 0.15) is 12.0 Å². The fraction of sp³-hybridized carbons (Fsp3) is 0.389. The fourth-order valence-corrected chi connectivity index (χ4v) is 2.81. The molecule has 2 rings (SSSR count). The van der Waals surface area contributed by atoms with Crippen molar-refractivity contribution in [2.75, 3.05) is 20.8 Å². The number of piperidine rings is 1. The van der Waals surface area contributed by atoms with Gasteiger partial charge in [0.15, 0.2) is 0 Å². The molecule has 0 aromatic heterocycles. The summed E-state index contributed by atoms with van der Waals surface area (Å²) in [6, 6.07) is 8.01. The molecule has 1 heterocycles. The molecule has 25 heavy (non-hydrogen) atoms. The summed E-state index contributed by atoms with van der Waals surface area (Å²) < 4.78 is 14.8. The molecular weight excluding hydrogens is 326 g/mol. The van der Waals surface area contributed by atoms with Crippen molar-refractivity contribution < 1.29 is 28.6 Å². The van der Waals surface area contributed by atoms with E-state index in [4.69, 9.17) is 14.2 Å². The van der Waals surface area contributed by atoms with Crippen LogP contribution in [0.15, 0.2) is 42.5 Å². The normalized spacial score (nSPS) is 19.9. The van der Waals surface area contributed by atoms with E-state index in [1.807, 2.05) is 30.3 Å². The number of carbonyl (C=O) groups excluding carboxylic acids is 3. The van der Waals surface area contributed by atoms with E-state index in [0.29, 0.717) is 5.57 Å². The first kappa shape index (κ1) is 18.5. The summed E-state index contributed by atoms with van der Waals surface area (Å²) in [7, 11) is 2.44. The third kappa shape index (κ3) is 4.37. The van der Waals surface area contributed by atoms with Gasteiger partial charge in [0, 0.05) is 6.54 Å². The molecule has 0 radical (unpaired) electrons. The maximum absolute atomic E-state index is 12.6. The van der Waals surface area contributed by atoms with Crippen LogP contribution in [-0.2, 0) is 30.4 Å². The standard InChI is InChI=1S/C18H21NO6/c1-12-9-14(16(20)23-2)15(19(10-12)18(22)24-3)17(21)25-11-13-7-5-4-6-8-13/h4-8,14-15H,1,9-11H2,2-3H3/t14-,15-/m0/s1. The quantitative estimate of drug-likeness (QED) is 0.470. The Kier molecular flexibility index (Phi) is 6.16. The van der Waals surface area contributed by atoms with Crippen LogP contribution in [-0.4, -0.2) is 49.7 Å². The van der Waals surface area contributed by atoms with Gasteiger partial charge >= 0.3 is 18.0 Å². The number of ether oxygens (including phenoxy) is 3. The van der Waals surface area contributed by atoms with Crippen LogP contribution in [0, 0.1) is 5.92 Å². The zero-order valence-electron chi connectivity index (χ0n) is 14.3. The van der Waals surface area contributed by atoms with E-state index in [1.54, 1.807) is 0 Å². The Balaban J connectivity index is 2.21. The van der Waals surface area contributed by atoms with Crippen molar-refractivity contribution in [2.45, 2.75) is 19.1 Å². The second-order valence-corrected chi connectivity index (χ2v) is 5.72. The number of hydrogen-bond donors (Lipinski definition) is 0. The summed E-state index contributed by atoms with van der Waals surface area (Å²) in [5.41, 5.74) is 1.43. The van der Waals surface area contributed by atoms with E-state index in [1.165, 1.54) is 14.2 Å². The van der Waals surface area contributed by atoms with Gasteiger partial charge in [-0.15, -0.1) is 0 Å². The number of rotatable bonds is 4. The van der Waals surface area contributed by atoms with E-state index >= 15 is 0 Å². The first-order valence-corrected chi connectivity index (χ1v) is 7.77. The van der Waals surface area contributed by atoms with Gasteiger partial charge in [-0.05, 0) is 12.0 Å². The fourth-order valence-electron chi connectivity index (χ4n) is 2.81. The second-order valence-electron chi connectivity index (χ2n) is 5.72. The molecule has 1 aromatic rings. The molecule has 1 amide bonds. The molecule has 0 saturated carbocycles. The molecule has 0 aliphatic carbocycles. The number of hydrogen-bond acceptors (Lipinski definition) is 6. The molecule has 0 bridgehead atoms. The largest absolute Gasteiger partial charge is 0.469 e. The Hall–Kier alpha value is -2.83. The predicted molar refractivity (Wildman–Crippen MR) is 88.4 cm³/mol. The molecule has 7 heteroatoms. The molecule has 1 aliphatic rings. The molecule has 1 aromatic carbocycles. The van der Waals surface area contributed by atoms with Gasteiger partial charge in [-0.25, -0.2) is 9.59 Å². The second kappa shape index (κ2) is 8.32. The third-order valence-corrected chi connectivity index (χ3v) is 4.00. The van der Waals surface area contributed by atoms with Crippen LogP contribution in [0.4, 0.5) is 4.79 Å². The lowest BCUT2D eigenvalue weighted by Crippen LogP contribution is -2.55. The Labute approximate surface area is 146 Å². The summed E-state index contributed by atoms with van der Waals surface area (Å²) in [6.07, 6.45) is -0.484. The minimum atomic E-state index is -1.12. The average molecular weight is 347 g/mol. The zero-order valence-corrected chi connectivity index (χ0v) is 14.3. The van der Waals surface area contributed by atoms with Crippen molar-refractivity contribution in [1.82, 2.24) is 4.90 Å². The van der Waals surface area contributed by atoms with Gasteiger partial charge in [0.2, 0.25) is 0 Å². The molecule has 0 N–H and O–H groups in total. The van der Waals surface area contributed by atoms with Crippen LogP contribution in [0.3, 0.4) is 0 Å². The summed E-state index contributed by atoms with van der Waals surface area (Å²) in [5, 5.41) is 0. The molecule has 1 fully saturated rings. The first-order valence-electron chi connectivity index (χ1n) is 7.77. The topological polar surface area (TPSA) is 82.1 Å². The first-order chi connectivity index (χ1) is 12.0. The number of benzene rings is 1. The van der Waals surface area contributed by atoms with E-state index in [0.717, 1.165) is 10.5 Å². The van der Waals surface area contributed by atoms with Crippen LogP contribution in [0.2, 0.25) is 0 Å². The van der Waals surface area contributed by atoms with Gasteiger partial charge in [0.05, 0.1) is 20.1 Å². The SMILES string of the molecule is C=C1C[C@H](C(=O)OC)[C@@H](C(=O)OCc2ccccc2)N(C(=O)OC)C1. The van der Waals surface area contributed by atoms with Gasteiger partial charge in [0.25, 0.3) is 0 Å². The van der Waals surface area contributed by atoms with Crippen molar-refractivity contribution in [2.24, 2.45) is 5.92 Å². The minimum absolute atomic E-state index is 0.0417. The Morgan fingerprint density at radius 1 is 1.12 bits per heavy atom. The molecule has 1 aliphatic heterocycles. The maximum atomic E-state index is 12.6. The zero-order chi connectivity index (χ0) is 18.4. The summed E-state index contributed by atoms with van der Waals surface area (Å²) in [4.78, 5) is 38.0. The molecular formula is C18H21NO6. The van der Waals surface area contributed by atoms with Crippen LogP contribution < -0.4 is 0 Å². The maximum Gasteiger partial charge on any atom is 0.410 e. The molecule has 0 spiro atoms. The number of methoxy groups -OCH3 is 2. The average Bonchev–Trinajstić information content (AvgIpc) is 2.64. The number of amides is 1. The molecule has 1 saturated heterocycles. The van der Waals surface area contributed by atoms with Crippen LogP contribution in [0.25, 0.3) is 0 Å². The lowest BCUT2D eigenvalue weighted by atomic mass is 9.87. The van der Waals surface area contributed by atoms with Gasteiger partial charge in [0.1, 0.15) is 12.6 Å². The molecule has 0 unspecified atom stereocenters. The van der Waals surface area contributed by atoms with Crippen molar-refractivity contribution in [3.63, 3.8) is 0 Å². The molecule has 134 valence electrons. The van der Waals surface area contributed by atoms with Crippen molar-refractivity contribution in [3.8, 4) is 0 Å². The lowest BCUT2D eigenvalue weighted by Gasteiger charge is -2.38. The van der Waals surface area contributed by atoms with E-state index in [-0.39, 0.29) is 19.6 Å². The van der Waals surface area contributed by atoms with E-state index in [9.17, 15) is 14.4 Å². The minimum Gasteiger partial charge on any atom is -0.469 e. The summed E-state index contributed by atoms with van der Waals surface area (Å²) in [6.45, 7) is 3.98. The van der Waals surface area contributed by atoms with Gasteiger partial charge in [-0.1, -0.05) is 42.5 Å². The summed E-state index contributed by atoms with van der Waals surface area (Å²) in [5.74, 6) is -2.16. The highest BCUT2D eigenvalue weighted by molar-refractivity contribution is 5.88. The Bertz CT molecular complexity index is 629. The summed E-state index contributed by atoms with van der Waals surface area (Å²) >= 11 is 0. The van der Waals surface area contributed by atoms with Gasteiger partial charge in [-0.2, -0.15) is 0 Å². The van der Waals surface area contributed by atoms with Crippen LogP contribution in [0.5, 0.6) is 0 Å². The van der Waals surface area contributed by atoms with Crippen molar-refractivity contribution in [1.29, 1.82) is 0 Å². The smallest absolute Gasteiger partial charge is 0.410 e.